The summed E-state index contributed by atoms with van der Waals surface area (Å²) in [7, 11) is 1.34. The topological polar surface area (TPSA) is 84.0 Å². The Morgan fingerprint density at radius 3 is 2.30 bits per heavy atom. The van der Waals surface area contributed by atoms with Crippen LogP contribution in [0.15, 0.2) is 24.3 Å². The van der Waals surface area contributed by atoms with Crippen LogP contribution in [0.3, 0.4) is 0 Å². The van der Waals surface area contributed by atoms with Crippen molar-refractivity contribution in [2.75, 3.05) is 20.2 Å². The molecule has 1 saturated carbocycles. The highest BCUT2D eigenvalue weighted by molar-refractivity contribution is 6.21. The van der Waals surface area contributed by atoms with Crippen LogP contribution in [0.1, 0.15) is 53.3 Å². The zero-order chi connectivity index (χ0) is 19.6. The third-order valence-electron chi connectivity index (χ3n) is 5.03. The number of nitrogens with zero attached hydrogens (tertiary/aromatic N) is 2. The minimum Gasteiger partial charge on any atom is -0.469 e. The Hall–Kier alpha value is -2.70. The quantitative estimate of drug-likeness (QED) is 0.514. The summed E-state index contributed by atoms with van der Waals surface area (Å²) < 4.78 is 4.74. The Labute approximate surface area is 158 Å². The molecule has 0 saturated heterocycles. The van der Waals surface area contributed by atoms with Crippen LogP contribution in [0.2, 0.25) is 0 Å². The van der Waals surface area contributed by atoms with Crippen LogP contribution in [0, 0.1) is 5.92 Å². The molecule has 0 bridgehead atoms. The number of ether oxygens (including phenoxy) is 1. The number of benzene rings is 1. The average Bonchev–Trinajstić information content (AvgIpc) is 3.49. The maximum Gasteiger partial charge on any atom is 0.310 e. The number of hydrogen-bond donors (Lipinski definition) is 0. The highest BCUT2D eigenvalue weighted by Gasteiger charge is 2.36. The normalized spacial score (nSPS) is 16.9. The summed E-state index contributed by atoms with van der Waals surface area (Å²) >= 11 is 0. The van der Waals surface area contributed by atoms with Gasteiger partial charge in [-0.05, 0) is 31.4 Å². The molecule has 0 N–H and O–H groups in total. The first-order valence-electron chi connectivity index (χ1n) is 9.26. The molecule has 1 heterocycles. The van der Waals surface area contributed by atoms with Crippen molar-refractivity contribution in [3.8, 4) is 0 Å². The number of carbonyl (C=O) groups excluding carboxylic acids is 4. The predicted molar refractivity (Wildman–Crippen MR) is 97.0 cm³/mol. The lowest BCUT2D eigenvalue weighted by Gasteiger charge is -2.25. The van der Waals surface area contributed by atoms with Crippen molar-refractivity contribution < 1.29 is 23.9 Å². The highest BCUT2D eigenvalue weighted by atomic mass is 16.5. The molecule has 1 atom stereocenters. The van der Waals surface area contributed by atoms with Crippen molar-refractivity contribution in [1.29, 1.82) is 0 Å². The molecule has 0 aromatic heterocycles. The molecule has 27 heavy (non-hydrogen) atoms. The smallest absolute Gasteiger partial charge is 0.310 e. The van der Waals surface area contributed by atoms with Gasteiger partial charge in [0.05, 0.1) is 24.2 Å². The summed E-state index contributed by atoms with van der Waals surface area (Å²) in [5.74, 6) is -1.37. The van der Waals surface area contributed by atoms with Crippen molar-refractivity contribution in [2.45, 2.75) is 38.6 Å². The van der Waals surface area contributed by atoms with Gasteiger partial charge in [-0.15, -0.1) is 0 Å². The molecule has 2 aliphatic rings. The Kier molecular flexibility index (Phi) is 5.58. The lowest BCUT2D eigenvalue weighted by Crippen LogP contribution is -2.39. The van der Waals surface area contributed by atoms with Gasteiger partial charge in [-0.3, -0.25) is 24.1 Å². The first kappa shape index (κ1) is 19.1. The summed E-state index contributed by atoms with van der Waals surface area (Å²) in [6.45, 7) is 2.29. The Balaban J connectivity index is 1.54. The molecule has 3 rings (SSSR count). The van der Waals surface area contributed by atoms with E-state index in [1.807, 2.05) is 0 Å². The fourth-order valence-electron chi connectivity index (χ4n) is 3.39. The molecular formula is C20H24N2O5. The van der Waals surface area contributed by atoms with E-state index in [0.29, 0.717) is 24.1 Å². The van der Waals surface area contributed by atoms with E-state index in [-0.39, 0.29) is 48.6 Å². The SMILES string of the molecule is COC(=O)C(C)CN(C(=O)CCCN1C(=O)c2ccccc2C1=O)C1CC1. The number of amides is 3. The zero-order valence-corrected chi connectivity index (χ0v) is 15.6. The summed E-state index contributed by atoms with van der Waals surface area (Å²) in [6, 6.07) is 6.93. The number of esters is 1. The average molecular weight is 372 g/mol. The largest absolute Gasteiger partial charge is 0.469 e. The third-order valence-corrected chi connectivity index (χ3v) is 5.03. The van der Waals surface area contributed by atoms with E-state index in [1.54, 1.807) is 36.1 Å². The summed E-state index contributed by atoms with van der Waals surface area (Å²) in [5.41, 5.74) is 0.834. The number of imide groups is 1. The van der Waals surface area contributed by atoms with Gasteiger partial charge in [-0.2, -0.15) is 0 Å². The van der Waals surface area contributed by atoms with Crippen molar-refractivity contribution in [3.05, 3.63) is 35.4 Å². The van der Waals surface area contributed by atoms with Crippen molar-refractivity contribution in [1.82, 2.24) is 9.80 Å². The molecule has 0 spiro atoms. The number of hydrogen-bond acceptors (Lipinski definition) is 5. The first-order valence-corrected chi connectivity index (χ1v) is 9.26. The van der Waals surface area contributed by atoms with Gasteiger partial charge in [0.15, 0.2) is 0 Å². The Morgan fingerprint density at radius 2 is 1.78 bits per heavy atom. The van der Waals surface area contributed by atoms with Crippen molar-refractivity contribution in [2.24, 2.45) is 5.92 Å². The summed E-state index contributed by atoms with van der Waals surface area (Å²) in [5, 5.41) is 0. The highest BCUT2D eigenvalue weighted by Crippen LogP contribution is 2.29. The van der Waals surface area contributed by atoms with Gasteiger partial charge in [0, 0.05) is 25.6 Å². The Morgan fingerprint density at radius 1 is 1.19 bits per heavy atom. The minimum absolute atomic E-state index is 0.0511. The summed E-state index contributed by atoms with van der Waals surface area (Å²) in [4.78, 5) is 51.9. The minimum atomic E-state index is -0.379. The van der Waals surface area contributed by atoms with E-state index in [1.165, 1.54) is 12.0 Å². The molecular weight excluding hydrogens is 348 g/mol. The second-order valence-corrected chi connectivity index (χ2v) is 7.11. The molecule has 1 aromatic rings. The van der Waals surface area contributed by atoms with Crippen LogP contribution in [-0.4, -0.2) is 59.7 Å². The lowest BCUT2D eigenvalue weighted by atomic mass is 10.1. The van der Waals surface area contributed by atoms with E-state index < -0.39 is 0 Å². The van der Waals surface area contributed by atoms with E-state index in [2.05, 4.69) is 0 Å². The standard InChI is InChI=1S/C20H24N2O5/c1-13(20(26)27-2)12-22(14-9-10-14)17(23)8-5-11-21-18(24)15-6-3-4-7-16(15)19(21)25/h3-4,6-7,13-14H,5,8-12H2,1-2H3. The number of carbonyl (C=O) groups is 4. The molecule has 3 amide bonds. The molecule has 0 radical (unpaired) electrons. The van der Waals surface area contributed by atoms with Crippen molar-refractivity contribution >= 4 is 23.7 Å². The molecule has 7 heteroatoms. The number of fused-ring (bicyclic) bond motifs is 1. The van der Waals surface area contributed by atoms with Crippen LogP contribution in [-0.2, 0) is 14.3 Å². The second-order valence-electron chi connectivity index (χ2n) is 7.11. The monoisotopic (exact) mass is 372 g/mol. The maximum atomic E-state index is 12.6. The summed E-state index contributed by atoms with van der Waals surface area (Å²) in [6.07, 6.45) is 2.52. The molecule has 1 aromatic carbocycles. The first-order chi connectivity index (χ1) is 12.9. The molecule has 1 unspecified atom stereocenters. The van der Waals surface area contributed by atoms with Gasteiger partial charge in [0.25, 0.3) is 11.8 Å². The number of rotatable bonds is 8. The third kappa shape index (κ3) is 4.02. The van der Waals surface area contributed by atoms with Crippen LogP contribution in [0.4, 0.5) is 0 Å². The molecule has 1 aliphatic carbocycles. The zero-order valence-electron chi connectivity index (χ0n) is 15.6. The molecule has 144 valence electrons. The fraction of sp³-hybridized carbons (Fsp3) is 0.500. The van der Waals surface area contributed by atoms with Crippen LogP contribution < -0.4 is 0 Å². The molecule has 1 aliphatic heterocycles. The van der Waals surface area contributed by atoms with Gasteiger partial charge in [0.1, 0.15) is 0 Å². The second kappa shape index (κ2) is 7.90. The van der Waals surface area contributed by atoms with Crippen LogP contribution in [0.25, 0.3) is 0 Å². The number of methoxy groups -OCH3 is 1. The van der Waals surface area contributed by atoms with Crippen LogP contribution >= 0.6 is 0 Å². The van der Waals surface area contributed by atoms with E-state index in [0.717, 1.165) is 12.8 Å². The molecule has 1 fully saturated rings. The van der Waals surface area contributed by atoms with Gasteiger partial charge in [0.2, 0.25) is 5.91 Å². The predicted octanol–water partition coefficient (Wildman–Crippen LogP) is 1.86. The van der Waals surface area contributed by atoms with Crippen LogP contribution in [0.5, 0.6) is 0 Å². The van der Waals surface area contributed by atoms with Gasteiger partial charge >= 0.3 is 5.97 Å². The Bertz CT molecular complexity index is 736. The molecule has 7 nitrogen and oxygen atoms in total. The van der Waals surface area contributed by atoms with E-state index in [9.17, 15) is 19.2 Å². The maximum absolute atomic E-state index is 12.6. The fourth-order valence-corrected chi connectivity index (χ4v) is 3.39. The van der Waals surface area contributed by atoms with Crippen molar-refractivity contribution in [3.63, 3.8) is 0 Å². The van der Waals surface area contributed by atoms with E-state index >= 15 is 0 Å². The van der Waals surface area contributed by atoms with Gasteiger partial charge in [-0.1, -0.05) is 19.1 Å². The van der Waals surface area contributed by atoms with Gasteiger partial charge < -0.3 is 9.64 Å². The van der Waals surface area contributed by atoms with E-state index in [4.69, 9.17) is 4.74 Å². The lowest BCUT2D eigenvalue weighted by molar-refractivity contribution is -0.146. The van der Waals surface area contributed by atoms with Gasteiger partial charge in [-0.25, -0.2) is 0 Å².